The molecule has 138 valence electrons. The molecule has 0 aliphatic heterocycles. The molecular formula is C21H27N3O2. The summed E-state index contributed by atoms with van der Waals surface area (Å²) in [6, 6.07) is 10.1. The first-order valence-corrected chi connectivity index (χ1v) is 9.30. The van der Waals surface area contributed by atoms with Crippen molar-refractivity contribution in [3.63, 3.8) is 0 Å². The minimum Gasteiger partial charge on any atom is -0.492 e. The number of fused-ring (bicyclic) bond motifs is 3. The molecule has 5 nitrogen and oxygen atoms in total. The second-order valence-corrected chi connectivity index (χ2v) is 6.61. The van der Waals surface area contributed by atoms with Crippen LogP contribution in [0.4, 0.5) is 0 Å². The van der Waals surface area contributed by atoms with E-state index < -0.39 is 0 Å². The number of nitrogen functional groups attached to an aromatic ring is 1. The standard InChI is InChI=1S/C21H27N3O2/c1-4-6-7-8-14-9-10-15-17(13-14)24(3)20-18(26-5-2)12-11-16(19(15)20)21(25)23-22/h9-13H,4-8,22H2,1-3H3,(H,23,25). The maximum absolute atomic E-state index is 12.3. The molecule has 0 saturated carbocycles. The number of aryl methyl sites for hydroxylation is 2. The Morgan fingerprint density at radius 2 is 2.00 bits per heavy atom. The van der Waals surface area contributed by atoms with Gasteiger partial charge < -0.3 is 9.30 Å². The minimum atomic E-state index is -0.294. The number of nitrogens with zero attached hydrogens (tertiary/aromatic N) is 1. The summed E-state index contributed by atoms with van der Waals surface area (Å²) >= 11 is 0. The first kappa shape index (κ1) is 18.3. The molecule has 0 atom stereocenters. The van der Waals surface area contributed by atoms with Crippen LogP contribution in [0.15, 0.2) is 30.3 Å². The number of hydrogen-bond donors (Lipinski definition) is 2. The highest BCUT2D eigenvalue weighted by Crippen LogP contribution is 2.37. The van der Waals surface area contributed by atoms with Gasteiger partial charge in [-0.2, -0.15) is 0 Å². The molecule has 0 spiro atoms. The van der Waals surface area contributed by atoms with Gasteiger partial charge >= 0.3 is 0 Å². The fraction of sp³-hybridized carbons (Fsp3) is 0.381. The zero-order chi connectivity index (χ0) is 18.7. The number of ether oxygens (including phenoxy) is 1. The third-order valence-corrected chi connectivity index (χ3v) is 4.91. The van der Waals surface area contributed by atoms with E-state index in [0.717, 1.165) is 34.0 Å². The fourth-order valence-corrected chi connectivity index (χ4v) is 3.64. The molecule has 5 heteroatoms. The molecule has 0 radical (unpaired) electrons. The second kappa shape index (κ2) is 7.79. The van der Waals surface area contributed by atoms with Crippen molar-refractivity contribution in [2.75, 3.05) is 6.61 Å². The number of carbonyl (C=O) groups excluding carboxylic acids is 1. The van der Waals surface area contributed by atoms with E-state index in [1.54, 1.807) is 6.07 Å². The molecule has 3 rings (SSSR count). The maximum Gasteiger partial charge on any atom is 0.265 e. The van der Waals surface area contributed by atoms with E-state index in [1.165, 1.54) is 24.8 Å². The predicted octanol–water partition coefficient (Wildman–Crippen LogP) is 4.07. The lowest BCUT2D eigenvalue weighted by atomic mass is 10.0. The molecular weight excluding hydrogens is 326 g/mol. The molecule has 1 amide bonds. The Morgan fingerprint density at radius 3 is 2.69 bits per heavy atom. The number of amides is 1. The average molecular weight is 353 g/mol. The first-order chi connectivity index (χ1) is 12.6. The Hall–Kier alpha value is -2.53. The highest BCUT2D eigenvalue weighted by Gasteiger charge is 2.19. The lowest BCUT2D eigenvalue weighted by Gasteiger charge is -2.09. The van der Waals surface area contributed by atoms with E-state index in [9.17, 15) is 4.79 Å². The number of hydrazine groups is 1. The van der Waals surface area contributed by atoms with Crippen LogP contribution in [0.3, 0.4) is 0 Å². The molecule has 0 aliphatic rings. The number of hydrogen-bond acceptors (Lipinski definition) is 3. The van der Waals surface area contributed by atoms with Gasteiger partial charge in [0.1, 0.15) is 5.75 Å². The SMILES string of the molecule is CCCCCc1ccc2c3c(C(=O)NN)ccc(OCC)c3n(C)c2c1. The molecule has 1 heterocycles. The van der Waals surface area contributed by atoms with Crippen LogP contribution in [-0.4, -0.2) is 17.1 Å². The summed E-state index contributed by atoms with van der Waals surface area (Å²) < 4.78 is 7.94. The lowest BCUT2D eigenvalue weighted by molar-refractivity contribution is 0.0955. The van der Waals surface area contributed by atoms with Gasteiger partial charge in [0.2, 0.25) is 0 Å². The lowest BCUT2D eigenvalue weighted by Crippen LogP contribution is -2.30. The molecule has 0 aliphatic carbocycles. The third-order valence-electron chi connectivity index (χ3n) is 4.91. The normalized spacial score (nSPS) is 11.2. The van der Waals surface area contributed by atoms with Crippen LogP contribution in [0, 0.1) is 0 Å². The fourth-order valence-electron chi connectivity index (χ4n) is 3.64. The largest absolute Gasteiger partial charge is 0.492 e. The Morgan fingerprint density at radius 1 is 1.19 bits per heavy atom. The first-order valence-electron chi connectivity index (χ1n) is 9.30. The van der Waals surface area contributed by atoms with Crippen LogP contribution in [0.1, 0.15) is 49.0 Å². The van der Waals surface area contributed by atoms with Crippen molar-refractivity contribution in [2.24, 2.45) is 12.9 Å². The van der Waals surface area contributed by atoms with Gasteiger partial charge in [-0.25, -0.2) is 5.84 Å². The number of aromatic nitrogens is 1. The van der Waals surface area contributed by atoms with E-state index in [0.29, 0.717) is 12.2 Å². The summed E-state index contributed by atoms with van der Waals surface area (Å²) in [5, 5.41) is 1.93. The van der Waals surface area contributed by atoms with Gasteiger partial charge in [0.05, 0.1) is 17.7 Å². The number of nitrogens with two attached hydrogens (primary N) is 1. The molecule has 2 aromatic carbocycles. The van der Waals surface area contributed by atoms with Crippen LogP contribution in [-0.2, 0) is 13.5 Å². The highest BCUT2D eigenvalue weighted by molar-refractivity contribution is 6.19. The molecule has 26 heavy (non-hydrogen) atoms. The summed E-state index contributed by atoms with van der Waals surface area (Å²) in [5.41, 5.74) is 6.17. The van der Waals surface area contributed by atoms with Gasteiger partial charge in [0.25, 0.3) is 5.91 Å². The van der Waals surface area contributed by atoms with Crippen LogP contribution < -0.4 is 16.0 Å². The van der Waals surface area contributed by atoms with Gasteiger partial charge in [-0.05, 0) is 43.5 Å². The van der Waals surface area contributed by atoms with E-state index in [-0.39, 0.29) is 5.91 Å². The van der Waals surface area contributed by atoms with Gasteiger partial charge in [-0.1, -0.05) is 31.9 Å². The van der Waals surface area contributed by atoms with Gasteiger partial charge in [-0.3, -0.25) is 10.2 Å². The Bertz CT molecular complexity index is 943. The monoisotopic (exact) mass is 353 g/mol. The number of carbonyl (C=O) groups is 1. The van der Waals surface area contributed by atoms with Crippen molar-refractivity contribution in [3.8, 4) is 5.75 Å². The third kappa shape index (κ3) is 3.15. The number of unbranched alkanes of at least 4 members (excludes halogenated alkanes) is 2. The van der Waals surface area contributed by atoms with E-state index in [1.807, 2.05) is 20.0 Å². The zero-order valence-electron chi connectivity index (χ0n) is 15.8. The number of rotatable bonds is 7. The van der Waals surface area contributed by atoms with Crippen LogP contribution in [0.2, 0.25) is 0 Å². The molecule has 0 bridgehead atoms. The van der Waals surface area contributed by atoms with Crippen molar-refractivity contribution in [2.45, 2.75) is 39.5 Å². The van der Waals surface area contributed by atoms with Crippen molar-refractivity contribution >= 4 is 27.7 Å². The summed E-state index contributed by atoms with van der Waals surface area (Å²) in [7, 11) is 2.02. The number of nitrogens with one attached hydrogen (secondary N) is 1. The molecule has 0 fully saturated rings. The van der Waals surface area contributed by atoms with Crippen LogP contribution in [0.5, 0.6) is 5.75 Å². The molecule has 3 N–H and O–H groups in total. The smallest absolute Gasteiger partial charge is 0.265 e. The summed E-state index contributed by atoms with van der Waals surface area (Å²) in [5.74, 6) is 5.88. The number of benzene rings is 2. The van der Waals surface area contributed by atoms with Gasteiger partial charge in [-0.15, -0.1) is 0 Å². The molecule has 0 saturated heterocycles. The van der Waals surface area contributed by atoms with Gasteiger partial charge in [0, 0.05) is 23.3 Å². The summed E-state index contributed by atoms with van der Waals surface area (Å²) in [4.78, 5) is 12.3. The average Bonchev–Trinajstić information content (AvgIpc) is 2.95. The van der Waals surface area contributed by atoms with Crippen molar-refractivity contribution in [1.29, 1.82) is 0 Å². The van der Waals surface area contributed by atoms with Crippen LogP contribution >= 0.6 is 0 Å². The highest BCUT2D eigenvalue weighted by atomic mass is 16.5. The van der Waals surface area contributed by atoms with E-state index >= 15 is 0 Å². The van der Waals surface area contributed by atoms with Gasteiger partial charge in [0.15, 0.2) is 0 Å². The van der Waals surface area contributed by atoms with E-state index in [2.05, 4.69) is 35.1 Å². The molecule has 1 aromatic heterocycles. The van der Waals surface area contributed by atoms with Crippen molar-refractivity contribution in [1.82, 2.24) is 9.99 Å². The molecule has 3 aromatic rings. The molecule has 0 unspecified atom stereocenters. The zero-order valence-corrected chi connectivity index (χ0v) is 15.8. The Labute approximate surface area is 154 Å². The quantitative estimate of drug-likeness (QED) is 0.291. The van der Waals surface area contributed by atoms with Crippen molar-refractivity contribution < 1.29 is 9.53 Å². The summed E-state index contributed by atoms with van der Waals surface area (Å²) in [6.07, 6.45) is 4.71. The minimum absolute atomic E-state index is 0.294. The predicted molar refractivity (Wildman–Crippen MR) is 106 cm³/mol. The maximum atomic E-state index is 12.3. The topological polar surface area (TPSA) is 69.3 Å². The Kier molecular flexibility index (Phi) is 5.47. The van der Waals surface area contributed by atoms with E-state index in [4.69, 9.17) is 10.6 Å². The summed E-state index contributed by atoms with van der Waals surface area (Å²) in [6.45, 7) is 4.74. The van der Waals surface area contributed by atoms with Crippen LogP contribution in [0.25, 0.3) is 21.8 Å². The second-order valence-electron chi connectivity index (χ2n) is 6.61. The Balaban J connectivity index is 2.24. The van der Waals surface area contributed by atoms with Crippen molar-refractivity contribution in [3.05, 3.63) is 41.5 Å².